The van der Waals surface area contributed by atoms with Crippen LogP contribution in [0.3, 0.4) is 0 Å². The molecule has 2 aliphatic carbocycles. The summed E-state index contributed by atoms with van der Waals surface area (Å²) in [4.78, 5) is 0. The highest BCUT2D eigenvalue weighted by Crippen LogP contribution is 2.57. The molecule has 0 aliphatic heterocycles. The first-order valence-electron chi connectivity index (χ1n) is 8.07. The fraction of sp³-hybridized carbons (Fsp3) is 0.667. The zero-order valence-corrected chi connectivity index (χ0v) is 12.2. The van der Waals surface area contributed by atoms with E-state index in [2.05, 4.69) is 42.6 Å². The Balaban J connectivity index is 1.73. The van der Waals surface area contributed by atoms with Crippen molar-refractivity contribution >= 4 is 0 Å². The van der Waals surface area contributed by atoms with E-state index in [1.54, 1.807) is 0 Å². The molecule has 0 amide bonds. The summed E-state index contributed by atoms with van der Waals surface area (Å²) >= 11 is 0. The molecule has 1 nitrogen and oxygen atoms in total. The topological polar surface area (TPSA) is 12.0 Å². The molecule has 2 bridgehead atoms. The summed E-state index contributed by atoms with van der Waals surface area (Å²) in [5, 5.41) is 3.72. The molecule has 1 aromatic carbocycles. The summed E-state index contributed by atoms with van der Waals surface area (Å²) in [5.41, 5.74) is 2.09. The van der Waals surface area contributed by atoms with E-state index in [9.17, 15) is 0 Å². The highest BCUT2D eigenvalue weighted by atomic mass is 14.9. The Morgan fingerprint density at radius 2 is 2.05 bits per heavy atom. The molecule has 1 N–H and O–H groups in total. The summed E-state index contributed by atoms with van der Waals surface area (Å²) in [6, 6.07) is 11.1. The lowest BCUT2D eigenvalue weighted by Gasteiger charge is -2.38. The molecule has 2 aliphatic rings. The molecule has 0 radical (unpaired) electrons. The molecule has 3 rings (SSSR count). The third-order valence-corrected chi connectivity index (χ3v) is 5.41. The van der Waals surface area contributed by atoms with Crippen molar-refractivity contribution in [3.63, 3.8) is 0 Å². The van der Waals surface area contributed by atoms with Crippen molar-refractivity contribution in [2.24, 2.45) is 17.3 Å². The molecule has 2 fully saturated rings. The lowest BCUT2D eigenvalue weighted by molar-refractivity contribution is 0.156. The molecule has 3 unspecified atom stereocenters. The molecule has 2 saturated carbocycles. The molecule has 1 heteroatoms. The first-order chi connectivity index (χ1) is 9.32. The molecule has 3 atom stereocenters. The Hall–Kier alpha value is -0.820. The number of fused-ring (bicyclic) bond motifs is 2. The van der Waals surface area contributed by atoms with Crippen LogP contribution in [0, 0.1) is 17.3 Å². The van der Waals surface area contributed by atoms with Gasteiger partial charge in [0.1, 0.15) is 0 Å². The van der Waals surface area contributed by atoms with E-state index in [1.165, 1.54) is 57.2 Å². The van der Waals surface area contributed by atoms with Crippen LogP contribution in [0.15, 0.2) is 30.3 Å². The Labute approximate surface area is 117 Å². The van der Waals surface area contributed by atoms with Crippen LogP contribution in [0.4, 0.5) is 0 Å². The van der Waals surface area contributed by atoms with Gasteiger partial charge in [0, 0.05) is 6.54 Å². The van der Waals surface area contributed by atoms with Gasteiger partial charge in [0.25, 0.3) is 0 Å². The first-order valence-corrected chi connectivity index (χ1v) is 8.07. The monoisotopic (exact) mass is 257 g/mol. The Morgan fingerprint density at radius 3 is 2.68 bits per heavy atom. The lowest BCUT2D eigenvalue weighted by atomic mass is 9.69. The maximum atomic E-state index is 3.72. The average molecular weight is 257 g/mol. The van der Waals surface area contributed by atoms with Crippen molar-refractivity contribution in [3.8, 4) is 0 Å². The van der Waals surface area contributed by atoms with E-state index in [1.807, 2.05) is 0 Å². The van der Waals surface area contributed by atoms with E-state index < -0.39 is 0 Å². The standard InChI is InChI=1S/C18H27N/c1-2-10-19-14-18(12-15-6-4-3-5-7-15)13-16-8-9-17(18)11-16/h3-7,16-17,19H,2,8-14H2,1H3. The Bertz CT molecular complexity index is 399. The summed E-state index contributed by atoms with van der Waals surface area (Å²) in [7, 11) is 0. The van der Waals surface area contributed by atoms with E-state index in [0.29, 0.717) is 5.41 Å². The largest absolute Gasteiger partial charge is 0.316 e. The Kier molecular flexibility index (Phi) is 3.93. The van der Waals surface area contributed by atoms with Gasteiger partial charge >= 0.3 is 0 Å². The third kappa shape index (κ3) is 2.72. The van der Waals surface area contributed by atoms with Crippen molar-refractivity contribution in [2.45, 2.75) is 45.4 Å². The van der Waals surface area contributed by atoms with Crippen LogP contribution in [-0.4, -0.2) is 13.1 Å². The fourth-order valence-electron chi connectivity index (χ4n) is 4.57. The van der Waals surface area contributed by atoms with Gasteiger partial charge in [-0.1, -0.05) is 43.7 Å². The van der Waals surface area contributed by atoms with Gasteiger partial charge in [-0.2, -0.15) is 0 Å². The summed E-state index contributed by atoms with van der Waals surface area (Å²) in [5.74, 6) is 2.00. The van der Waals surface area contributed by atoms with Crippen molar-refractivity contribution in [1.29, 1.82) is 0 Å². The second-order valence-corrected chi connectivity index (χ2v) is 6.78. The molecule has 1 aromatic rings. The van der Waals surface area contributed by atoms with Gasteiger partial charge in [0.15, 0.2) is 0 Å². The van der Waals surface area contributed by atoms with Crippen LogP contribution in [0.1, 0.15) is 44.6 Å². The van der Waals surface area contributed by atoms with E-state index in [4.69, 9.17) is 0 Å². The normalized spacial score (nSPS) is 32.9. The highest BCUT2D eigenvalue weighted by molar-refractivity contribution is 5.19. The average Bonchev–Trinajstić information content (AvgIpc) is 3.01. The minimum atomic E-state index is 0.555. The predicted octanol–water partition coefficient (Wildman–Crippen LogP) is 4.04. The number of nitrogens with one attached hydrogen (secondary N) is 1. The van der Waals surface area contributed by atoms with Gasteiger partial charge in [-0.05, 0) is 61.5 Å². The van der Waals surface area contributed by atoms with Crippen LogP contribution in [0.2, 0.25) is 0 Å². The van der Waals surface area contributed by atoms with E-state index >= 15 is 0 Å². The van der Waals surface area contributed by atoms with E-state index in [-0.39, 0.29) is 0 Å². The van der Waals surface area contributed by atoms with Gasteiger partial charge in [-0.15, -0.1) is 0 Å². The number of hydrogen-bond donors (Lipinski definition) is 1. The smallest absolute Gasteiger partial charge is 0.00138 e. The maximum Gasteiger partial charge on any atom is 0.00138 e. The molecule has 104 valence electrons. The quantitative estimate of drug-likeness (QED) is 0.759. The van der Waals surface area contributed by atoms with Crippen LogP contribution in [0.5, 0.6) is 0 Å². The second-order valence-electron chi connectivity index (χ2n) is 6.78. The third-order valence-electron chi connectivity index (χ3n) is 5.41. The molecule has 0 spiro atoms. The molecular weight excluding hydrogens is 230 g/mol. The number of rotatable bonds is 6. The molecule has 0 saturated heterocycles. The number of hydrogen-bond acceptors (Lipinski definition) is 1. The molecule has 0 aromatic heterocycles. The Morgan fingerprint density at radius 1 is 1.21 bits per heavy atom. The van der Waals surface area contributed by atoms with Crippen LogP contribution in [0.25, 0.3) is 0 Å². The summed E-state index contributed by atoms with van der Waals surface area (Å²) in [6.07, 6.45) is 8.46. The predicted molar refractivity (Wildman–Crippen MR) is 81.2 cm³/mol. The SMILES string of the molecule is CCCNCC1(Cc2ccccc2)CC2CCC1C2. The van der Waals surface area contributed by atoms with Crippen molar-refractivity contribution in [1.82, 2.24) is 5.32 Å². The minimum Gasteiger partial charge on any atom is -0.316 e. The minimum absolute atomic E-state index is 0.555. The molecule has 19 heavy (non-hydrogen) atoms. The highest BCUT2D eigenvalue weighted by Gasteiger charge is 2.50. The van der Waals surface area contributed by atoms with Crippen molar-refractivity contribution < 1.29 is 0 Å². The van der Waals surface area contributed by atoms with Gasteiger partial charge in [-0.25, -0.2) is 0 Å². The van der Waals surface area contributed by atoms with Gasteiger partial charge < -0.3 is 5.32 Å². The zero-order chi connectivity index (χ0) is 13.1. The fourth-order valence-corrected chi connectivity index (χ4v) is 4.57. The summed E-state index contributed by atoms with van der Waals surface area (Å²) in [6.45, 7) is 4.67. The van der Waals surface area contributed by atoms with Gasteiger partial charge in [0.2, 0.25) is 0 Å². The first kappa shape index (κ1) is 13.2. The molecular formula is C18H27N. The van der Waals surface area contributed by atoms with Crippen LogP contribution in [-0.2, 0) is 6.42 Å². The maximum absolute atomic E-state index is 3.72. The molecule has 0 heterocycles. The second kappa shape index (κ2) is 5.66. The van der Waals surface area contributed by atoms with Crippen LogP contribution >= 0.6 is 0 Å². The summed E-state index contributed by atoms with van der Waals surface area (Å²) < 4.78 is 0. The lowest BCUT2D eigenvalue weighted by Crippen LogP contribution is -2.40. The van der Waals surface area contributed by atoms with Gasteiger partial charge in [-0.3, -0.25) is 0 Å². The zero-order valence-electron chi connectivity index (χ0n) is 12.2. The number of benzene rings is 1. The van der Waals surface area contributed by atoms with Crippen molar-refractivity contribution in [3.05, 3.63) is 35.9 Å². The van der Waals surface area contributed by atoms with Crippen LogP contribution < -0.4 is 5.32 Å². The van der Waals surface area contributed by atoms with Crippen molar-refractivity contribution in [2.75, 3.05) is 13.1 Å². The van der Waals surface area contributed by atoms with E-state index in [0.717, 1.165) is 11.8 Å². The van der Waals surface area contributed by atoms with Gasteiger partial charge in [0.05, 0.1) is 0 Å².